The zero-order chi connectivity index (χ0) is 29.3. The van der Waals surface area contributed by atoms with Crippen molar-refractivity contribution in [2.24, 2.45) is 17.6 Å². The van der Waals surface area contributed by atoms with E-state index in [0.717, 1.165) is 0 Å². The number of benzene rings is 1. The van der Waals surface area contributed by atoms with Crippen molar-refractivity contribution in [3.8, 4) is 0 Å². The Labute approximate surface area is 231 Å². The Balaban J connectivity index is 2.16. The summed E-state index contributed by atoms with van der Waals surface area (Å²) in [6.07, 6.45) is 2.16. The largest absolute Gasteiger partial charge is 0.448 e. The number of hydrogen-bond acceptors (Lipinski definition) is 6. The summed E-state index contributed by atoms with van der Waals surface area (Å²) in [5.74, 6) is -1.24. The molecule has 1 aromatic carbocycles. The number of hydrogen-bond donors (Lipinski definition) is 3. The molecule has 2 aromatic rings. The average molecular weight is 567 g/mol. The molecule has 0 saturated heterocycles. The molecule has 3 atom stereocenters. The molecule has 0 bridgehead atoms. The van der Waals surface area contributed by atoms with Crippen LogP contribution in [0.2, 0.25) is 0 Å². The van der Waals surface area contributed by atoms with E-state index in [4.69, 9.17) is 10.2 Å². The Morgan fingerprint density at radius 3 is 2.18 bits per heavy atom. The first-order valence-corrected chi connectivity index (χ1v) is 15.0. The summed E-state index contributed by atoms with van der Waals surface area (Å²) in [6.45, 7) is 11.8. The number of carbonyl (C=O) groups is 2. The normalized spacial score (nSPS) is 14.3. The second kappa shape index (κ2) is 14.6. The summed E-state index contributed by atoms with van der Waals surface area (Å²) in [6, 6.07) is 5.74. The van der Waals surface area contributed by atoms with Crippen LogP contribution in [0, 0.1) is 24.6 Å². The van der Waals surface area contributed by atoms with Crippen LogP contribution in [0.1, 0.15) is 76.4 Å². The molecular weight excluding hydrogens is 523 g/mol. The third kappa shape index (κ3) is 9.15. The van der Waals surface area contributed by atoms with Gasteiger partial charge < -0.3 is 20.8 Å². The smallest absolute Gasteiger partial charge is 0.276 e. The first-order chi connectivity index (χ1) is 18.3. The molecule has 0 unspecified atom stereocenters. The van der Waals surface area contributed by atoms with E-state index in [1.807, 2.05) is 27.7 Å². The molecule has 0 spiro atoms. The molecule has 0 aliphatic heterocycles. The van der Waals surface area contributed by atoms with Gasteiger partial charge in [-0.05, 0) is 62.8 Å². The maximum absolute atomic E-state index is 13.3. The molecule has 2 rings (SSSR count). The lowest BCUT2D eigenvalue weighted by Crippen LogP contribution is -2.49. The standard InChI is InChI=1S/C28H43FN4O5S/c1-7-13-33(14-8-2)39(36,37)26-17-23(20(6)38-26)28(35)32-25(15-18(3)4)24(30)16-19(5)27(34)31-22-11-9-21(29)10-12-22/h9-12,17-19,24-25H,7-8,13-16,30H2,1-6H3,(H,31,34)(H,32,35)/t19-,24+,25+/m1/s1. The number of amides is 2. The maximum Gasteiger partial charge on any atom is 0.276 e. The molecule has 39 heavy (non-hydrogen) atoms. The number of anilines is 1. The highest BCUT2D eigenvalue weighted by molar-refractivity contribution is 7.89. The van der Waals surface area contributed by atoms with Crippen LogP contribution in [0.15, 0.2) is 39.8 Å². The van der Waals surface area contributed by atoms with Crippen LogP contribution in [0.25, 0.3) is 0 Å². The molecule has 4 N–H and O–H groups in total. The van der Waals surface area contributed by atoms with Gasteiger partial charge in [0.1, 0.15) is 11.6 Å². The SMILES string of the molecule is CCCN(CCC)S(=O)(=O)c1cc(C(=O)N[C@@H](CC(C)C)[C@@H](N)C[C@@H](C)C(=O)Nc2ccc(F)cc2)c(C)o1. The molecule has 0 aliphatic carbocycles. The van der Waals surface area contributed by atoms with Gasteiger partial charge in [-0.3, -0.25) is 9.59 Å². The fourth-order valence-corrected chi connectivity index (χ4v) is 5.96. The molecule has 0 fully saturated rings. The zero-order valence-corrected chi connectivity index (χ0v) is 24.6. The van der Waals surface area contributed by atoms with Crippen molar-refractivity contribution in [1.29, 1.82) is 0 Å². The highest BCUT2D eigenvalue weighted by Crippen LogP contribution is 2.24. The third-order valence-electron chi connectivity index (χ3n) is 6.42. The second-order valence-corrected chi connectivity index (χ2v) is 12.3. The topological polar surface area (TPSA) is 135 Å². The lowest BCUT2D eigenvalue weighted by molar-refractivity contribution is -0.119. The second-order valence-electron chi connectivity index (χ2n) is 10.4. The number of nitrogens with one attached hydrogen (secondary N) is 2. The Bertz CT molecular complexity index is 1190. The van der Waals surface area contributed by atoms with Gasteiger partial charge in [-0.2, -0.15) is 4.31 Å². The van der Waals surface area contributed by atoms with E-state index in [9.17, 15) is 22.4 Å². The number of aryl methyl sites for hydroxylation is 1. The van der Waals surface area contributed by atoms with Crippen molar-refractivity contribution < 1.29 is 26.8 Å². The number of rotatable bonds is 15. The van der Waals surface area contributed by atoms with Crippen LogP contribution in [-0.4, -0.2) is 49.7 Å². The molecule has 1 aromatic heterocycles. The molecule has 0 saturated carbocycles. The number of carbonyl (C=O) groups excluding carboxylic acids is 2. The maximum atomic E-state index is 13.3. The summed E-state index contributed by atoms with van der Waals surface area (Å²) in [4.78, 5) is 26.0. The van der Waals surface area contributed by atoms with E-state index in [0.29, 0.717) is 38.0 Å². The van der Waals surface area contributed by atoms with Gasteiger partial charge >= 0.3 is 0 Å². The van der Waals surface area contributed by atoms with Gasteiger partial charge in [0.25, 0.3) is 15.9 Å². The summed E-state index contributed by atoms with van der Waals surface area (Å²) in [5.41, 5.74) is 7.10. The van der Waals surface area contributed by atoms with Crippen molar-refractivity contribution in [3.63, 3.8) is 0 Å². The number of sulfonamides is 1. The molecule has 0 radical (unpaired) electrons. The summed E-state index contributed by atoms with van der Waals surface area (Å²) >= 11 is 0. The van der Waals surface area contributed by atoms with E-state index in [1.165, 1.54) is 34.6 Å². The number of nitrogens with zero attached hydrogens (tertiary/aromatic N) is 1. The number of halogens is 1. The average Bonchev–Trinajstić information content (AvgIpc) is 3.27. The number of nitrogens with two attached hydrogens (primary N) is 1. The fourth-order valence-electron chi connectivity index (χ4n) is 4.36. The molecule has 9 nitrogen and oxygen atoms in total. The minimum Gasteiger partial charge on any atom is -0.448 e. The zero-order valence-electron chi connectivity index (χ0n) is 23.8. The van der Waals surface area contributed by atoms with Gasteiger partial charge in [0.15, 0.2) is 0 Å². The highest BCUT2D eigenvalue weighted by atomic mass is 32.2. The summed E-state index contributed by atoms with van der Waals surface area (Å²) < 4.78 is 46.3. The summed E-state index contributed by atoms with van der Waals surface area (Å²) in [5, 5.41) is 5.43. The minimum atomic E-state index is -3.88. The summed E-state index contributed by atoms with van der Waals surface area (Å²) in [7, 11) is -3.88. The Morgan fingerprint density at radius 2 is 1.64 bits per heavy atom. The molecule has 2 amide bonds. The van der Waals surface area contributed by atoms with Crippen LogP contribution in [-0.2, 0) is 14.8 Å². The minimum absolute atomic E-state index is 0.129. The quantitative estimate of drug-likeness (QED) is 0.287. The molecule has 0 aliphatic rings. The first-order valence-electron chi connectivity index (χ1n) is 13.5. The first kappa shape index (κ1) is 32.5. The van der Waals surface area contributed by atoms with Crippen molar-refractivity contribution in [1.82, 2.24) is 9.62 Å². The van der Waals surface area contributed by atoms with Crippen LogP contribution in [0.5, 0.6) is 0 Å². The van der Waals surface area contributed by atoms with Crippen molar-refractivity contribution in [2.75, 3.05) is 18.4 Å². The van der Waals surface area contributed by atoms with Gasteiger partial charge in [-0.25, -0.2) is 12.8 Å². The van der Waals surface area contributed by atoms with Crippen LogP contribution < -0.4 is 16.4 Å². The molecule has 1 heterocycles. The van der Waals surface area contributed by atoms with E-state index < -0.39 is 39.7 Å². The number of furan rings is 1. The van der Waals surface area contributed by atoms with E-state index in [2.05, 4.69) is 10.6 Å². The van der Waals surface area contributed by atoms with Gasteiger partial charge in [0.05, 0.1) is 5.56 Å². The highest BCUT2D eigenvalue weighted by Gasteiger charge is 2.31. The van der Waals surface area contributed by atoms with Crippen molar-refractivity contribution >= 4 is 27.5 Å². The molecule has 11 heteroatoms. The van der Waals surface area contributed by atoms with Crippen molar-refractivity contribution in [2.45, 2.75) is 84.4 Å². The van der Waals surface area contributed by atoms with Crippen LogP contribution in [0.3, 0.4) is 0 Å². The van der Waals surface area contributed by atoms with E-state index in [1.54, 1.807) is 13.8 Å². The van der Waals surface area contributed by atoms with Gasteiger partial charge in [-0.1, -0.05) is 34.6 Å². The van der Waals surface area contributed by atoms with E-state index in [-0.39, 0.29) is 34.7 Å². The molecular formula is C28H43FN4O5S. The van der Waals surface area contributed by atoms with Crippen LogP contribution in [0.4, 0.5) is 10.1 Å². The van der Waals surface area contributed by atoms with Crippen LogP contribution >= 0.6 is 0 Å². The van der Waals surface area contributed by atoms with Gasteiger partial charge in [0.2, 0.25) is 11.0 Å². The van der Waals surface area contributed by atoms with Gasteiger partial charge in [-0.15, -0.1) is 0 Å². The monoisotopic (exact) mass is 566 g/mol. The Hall–Kier alpha value is -2.76. The predicted molar refractivity (Wildman–Crippen MR) is 150 cm³/mol. The van der Waals surface area contributed by atoms with Crippen molar-refractivity contribution in [3.05, 3.63) is 47.5 Å². The third-order valence-corrected chi connectivity index (χ3v) is 8.18. The predicted octanol–water partition coefficient (Wildman–Crippen LogP) is 4.67. The van der Waals surface area contributed by atoms with E-state index >= 15 is 0 Å². The molecule has 218 valence electrons. The van der Waals surface area contributed by atoms with Gasteiger partial charge in [0, 0.05) is 42.8 Å². The Kier molecular flexibility index (Phi) is 12.1. The Morgan fingerprint density at radius 1 is 1.05 bits per heavy atom. The lowest BCUT2D eigenvalue weighted by atomic mass is 9.91. The lowest BCUT2D eigenvalue weighted by Gasteiger charge is -2.28. The fraction of sp³-hybridized carbons (Fsp3) is 0.571.